The molecule has 8 heteroatoms. The molecule has 8 nitrogen and oxygen atoms in total. The molecule has 2 aliphatic rings. The molecule has 0 amide bonds. The lowest BCUT2D eigenvalue weighted by atomic mass is 9.72. The predicted octanol–water partition coefficient (Wildman–Crippen LogP) is 4.14. The monoisotopic (exact) mass is 455 g/mol. The van der Waals surface area contributed by atoms with E-state index in [1.54, 1.807) is 12.1 Å². The summed E-state index contributed by atoms with van der Waals surface area (Å²) in [6.07, 6.45) is 2.08. The molecule has 2 aromatic heterocycles. The molecule has 2 fully saturated rings. The Morgan fingerprint density at radius 1 is 0.882 bits per heavy atom. The maximum absolute atomic E-state index is 10.1. The first kappa shape index (κ1) is 20.9. The number of aromatic nitrogens is 5. The quantitative estimate of drug-likeness (QED) is 0.484. The molecule has 1 unspecified atom stereocenters. The summed E-state index contributed by atoms with van der Waals surface area (Å²) < 4.78 is 1.98. The molecule has 34 heavy (non-hydrogen) atoms. The van der Waals surface area contributed by atoms with E-state index in [0.29, 0.717) is 28.6 Å². The van der Waals surface area contributed by atoms with Gasteiger partial charge in [0.05, 0.1) is 23.4 Å². The van der Waals surface area contributed by atoms with Gasteiger partial charge in [0, 0.05) is 48.2 Å². The van der Waals surface area contributed by atoms with Crippen LogP contribution >= 0.6 is 0 Å². The molecule has 4 heterocycles. The topological polar surface area (TPSA) is 83.2 Å². The molecule has 6 rings (SSSR count). The molecular weight excluding hydrogens is 426 g/mol. The van der Waals surface area contributed by atoms with Gasteiger partial charge in [0.15, 0.2) is 5.82 Å². The van der Waals surface area contributed by atoms with Crippen molar-refractivity contribution in [2.75, 3.05) is 36.0 Å². The van der Waals surface area contributed by atoms with Crippen LogP contribution in [0.3, 0.4) is 0 Å². The zero-order valence-corrected chi connectivity index (χ0v) is 19.8. The Hall–Kier alpha value is -3.68. The third-order valence-electron chi connectivity index (χ3n) is 7.43. The summed E-state index contributed by atoms with van der Waals surface area (Å²) in [7, 11) is 0. The number of fused-ring (bicyclic) bond motifs is 1. The lowest BCUT2D eigenvalue weighted by molar-refractivity contribution is 0.156. The van der Waals surface area contributed by atoms with Crippen molar-refractivity contribution in [2.24, 2.45) is 11.3 Å². The molecule has 4 aromatic rings. The van der Waals surface area contributed by atoms with Crippen LogP contribution in [0.25, 0.3) is 22.2 Å². The smallest absolute Gasteiger partial charge is 0.171 e. The van der Waals surface area contributed by atoms with Crippen molar-refractivity contribution in [3.05, 3.63) is 54.7 Å². The van der Waals surface area contributed by atoms with Gasteiger partial charge in [-0.2, -0.15) is 0 Å². The Balaban J connectivity index is 1.11. The van der Waals surface area contributed by atoms with Gasteiger partial charge in [0.1, 0.15) is 5.75 Å². The average Bonchev–Trinajstić information content (AvgIpc) is 3.26. The molecule has 0 bridgehead atoms. The molecule has 2 aromatic carbocycles. The maximum Gasteiger partial charge on any atom is 0.171 e. The molecule has 1 N–H and O–H groups in total. The second kappa shape index (κ2) is 7.68. The van der Waals surface area contributed by atoms with E-state index < -0.39 is 0 Å². The van der Waals surface area contributed by atoms with Crippen molar-refractivity contribution in [1.82, 2.24) is 25.2 Å². The fourth-order valence-electron chi connectivity index (χ4n) is 5.03. The zero-order chi connectivity index (χ0) is 23.4. The second-order valence-electron chi connectivity index (χ2n) is 10.2. The Morgan fingerprint density at radius 3 is 2.41 bits per heavy atom. The van der Waals surface area contributed by atoms with E-state index in [2.05, 4.69) is 75.5 Å². The maximum atomic E-state index is 10.1. The lowest BCUT2D eigenvalue weighted by Gasteiger charge is -2.61. The van der Waals surface area contributed by atoms with Crippen LogP contribution in [0.15, 0.2) is 54.7 Å². The van der Waals surface area contributed by atoms with Gasteiger partial charge >= 0.3 is 0 Å². The highest BCUT2D eigenvalue weighted by atomic mass is 16.3. The standard InChI is InChI=1S/C26H29N7O/c1-17(2)18(3)33-12-25(29-30-33)32-15-26(16-32)13-31(14-26)20-9-8-19-10-23(28-27-22(19)11-20)21-6-4-5-7-24(21)34/h4-12,17-18,34H,13-16H2,1-3H3. The normalized spacial score (nSPS) is 17.8. The van der Waals surface area contributed by atoms with Crippen molar-refractivity contribution in [2.45, 2.75) is 26.8 Å². The van der Waals surface area contributed by atoms with Crippen LogP contribution in [0.1, 0.15) is 26.8 Å². The summed E-state index contributed by atoms with van der Waals surface area (Å²) in [6.45, 7) is 10.7. The summed E-state index contributed by atoms with van der Waals surface area (Å²) in [4.78, 5) is 4.74. The van der Waals surface area contributed by atoms with Crippen molar-refractivity contribution in [3.8, 4) is 17.0 Å². The van der Waals surface area contributed by atoms with Crippen LogP contribution < -0.4 is 9.80 Å². The number of benzene rings is 2. The van der Waals surface area contributed by atoms with Crippen LogP contribution in [0, 0.1) is 11.3 Å². The number of anilines is 2. The van der Waals surface area contributed by atoms with Gasteiger partial charge in [0.2, 0.25) is 0 Å². The first-order chi connectivity index (χ1) is 16.4. The van der Waals surface area contributed by atoms with Gasteiger partial charge in [-0.25, -0.2) is 4.68 Å². The number of phenolic OH excluding ortho intramolecular Hbond substituents is 1. The average molecular weight is 456 g/mol. The van der Waals surface area contributed by atoms with Crippen LogP contribution in [-0.2, 0) is 0 Å². The van der Waals surface area contributed by atoms with Crippen LogP contribution in [0.5, 0.6) is 5.75 Å². The van der Waals surface area contributed by atoms with Gasteiger partial charge in [0.25, 0.3) is 0 Å². The first-order valence-electron chi connectivity index (χ1n) is 11.9. The minimum Gasteiger partial charge on any atom is -0.507 e. The number of nitrogens with zero attached hydrogens (tertiary/aromatic N) is 7. The molecule has 1 atom stereocenters. The molecule has 2 aliphatic heterocycles. The molecule has 0 saturated carbocycles. The Labute approximate surface area is 198 Å². The van der Waals surface area contributed by atoms with E-state index in [-0.39, 0.29) is 5.75 Å². The molecule has 0 radical (unpaired) electrons. The fourth-order valence-corrected chi connectivity index (χ4v) is 5.03. The van der Waals surface area contributed by atoms with Gasteiger partial charge < -0.3 is 14.9 Å². The SMILES string of the molecule is CC(C)C(C)n1cc(N2CC3(CN(c4ccc5cc(-c6ccccc6O)nnc5c4)C3)C2)nn1. The molecule has 174 valence electrons. The van der Waals surface area contributed by atoms with Gasteiger partial charge in [-0.05, 0) is 43.2 Å². The highest BCUT2D eigenvalue weighted by molar-refractivity contribution is 5.85. The minimum atomic E-state index is 0.213. The highest BCUT2D eigenvalue weighted by Gasteiger charge is 2.52. The van der Waals surface area contributed by atoms with E-state index in [1.165, 1.54) is 5.69 Å². The number of hydrogen-bond acceptors (Lipinski definition) is 7. The Morgan fingerprint density at radius 2 is 1.65 bits per heavy atom. The van der Waals surface area contributed by atoms with Crippen LogP contribution in [0.4, 0.5) is 11.5 Å². The minimum absolute atomic E-state index is 0.213. The van der Waals surface area contributed by atoms with Crippen LogP contribution in [0.2, 0.25) is 0 Å². The van der Waals surface area contributed by atoms with Crippen molar-refractivity contribution in [1.29, 1.82) is 0 Å². The van der Waals surface area contributed by atoms with Crippen molar-refractivity contribution < 1.29 is 5.11 Å². The molecule has 2 saturated heterocycles. The number of para-hydroxylation sites is 1. The van der Waals surface area contributed by atoms with E-state index in [9.17, 15) is 5.11 Å². The fraction of sp³-hybridized carbons (Fsp3) is 0.385. The summed E-state index contributed by atoms with van der Waals surface area (Å²) in [6, 6.07) is 15.9. The van der Waals surface area contributed by atoms with Gasteiger partial charge in [-0.15, -0.1) is 15.3 Å². The van der Waals surface area contributed by atoms with Gasteiger partial charge in [-0.3, -0.25) is 0 Å². The summed E-state index contributed by atoms with van der Waals surface area (Å²) in [5.41, 5.74) is 3.75. The van der Waals surface area contributed by atoms with E-state index in [1.807, 2.05) is 22.9 Å². The van der Waals surface area contributed by atoms with Gasteiger partial charge in [-0.1, -0.05) is 37.3 Å². The van der Waals surface area contributed by atoms with E-state index in [0.717, 1.165) is 42.9 Å². The first-order valence-corrected chi connectivity index (χ1v) is 11.9. The summed E-state index contributed by atoms with van der Waals surface area (Å²) >= 11 is 0. The Kier molecular flexibility index (Phi) is 4.72. The van der Waals surface area contributed by atoms with Crippen molar-refractivity contribution in [3.63, 3.8) is 0 Å². The number of phenols is 1. The lowest BCUT2D eigenvalue weighted by Crippen LogP contribution is -2.72. The zero-order valence-electron chi connectivity index (χ0n) is 19.8. The third kappa shape index (κ3) is 3.45. The highest BCUT2D eigenvalue weighted by Crippen LogP contribution is 2.43. The number of hydrogen-bond donors (Lipinski definition) is 1. The Bertz CT molecular complexity index is 1350. The molecular formula is C26H29N7O. The van der Waals surface area contributed by atoms with E-state index in [4.69, 9.17) is 0 Å². The predicted molar refractivity (Wildman–Crippen MR) is 133 cm³/mol. The third-order valence-corrected chi connectivity index (χ3v) is 7.43. The second-order valence-corrected chi connectivity index (χ2v) is 10.2. The number of rotatable bonds is 5. The molecule has 1 spiro atoms. The van der Waals surface area contributed by atoms with Crippen molar-refractivity contribution >= 4 is 22.4 Å². The number of aromatic hydroxyl groups is 1. The van der Waals surface area contributed by atoms with E-state index >= 15 is 0 Å². The summed E-state index contributed by atoms with van der Waals surface area (Å²) in [5, 5.41) is 28.7. The van der Waals surface area contributed by atoms with Crippen LogP contribution in [-0.4, -0.2) is 56.5 Å². The molecule has 0 aliphatic carbocycles. The summed E-state index contributed by atoms with van der Waals surface area (Å²) in [5.74, 6) is 1.73. The largest absolute Gasteiger partial charge is 0.507 e.